The maximum atomic E-state index is 11.6. The summed E-state index contributed by atoms with van der Waals surface area (Å²) >= 11 is 0. The summed E-state index contributed by atoms with van der Waals surface area (Å²) in [6.07, 6.45) is 4.58. The Morgan fingerprint density at radius 1 is 1.23 bits per heavy atom. The number of hydrogen-bond acceptors (Lipinski definition) is 4. The van der Waals surface area contributed by atoms with Gasteiger partial charge in [0.15, 0.2) is 5.82 Å². The van der Waals surface area contributed by atoms with Gasteiger partial charge in [-0.25, -0.2) is 0 Å². The topological polar surface area (TPSA) is 85.8 Å². The van der Waals surface area contributed by atoms with Crippen molar-refractivity contribution in [3.05, 3.63) is 30.1 Å². The number of hydrogen-bond donors (Lipinski definition) is 2. The molecule has 1 amide bonds. The van der Waals surface area contributed by atoms with E-state index in [1.54, 1.807) is 6.92 Å². The van der Waals surface area contributed by atoms with Crippen LogP contribution >= 0.6 is 0 Å². The van der Waals surface area contributed by atoms with Crippen LogP contribution in [-0.4, -0.2) is 26.7 Å². The highest BCUT2D eigenvalue weighted by Crippen LogP contribution is 2.23. The molecule has 0 bridgehead atoms. The van der Waals surface area contributed by atoms with Gasteiger partial charge in [-0.1, -0.05) is 6.42 Å². The Kier molecular flexibility index (Phi) is 4.20. The van der Waals surface area contributed by atoms with Crippen molar-refractivity contribution >= 4 is 11.6 Å². The fourth-order valence-corrected chi connectivity index (χ4v) is 2.66. The average Bonchev–Trinajstić information content (AvgIpc) is 2.76. The van der Waals surface area contributed by atoms with Gasteiger partial charge < -0.3 is 15.6 Å². The molecule has 0 spiro atoms. The van der Waals surface area contributed by atoms with Gasteiger partial charge in [-0.3, -0.25) is 4.79 Å². The lowest BCUT2D eigenvalue weighted by Gasteiger charge is -2.09. The first kappa shape index (κ1) is 14.7. The van der Waals surface area contributed by atoms with Crippen molar-refractivity contribution in [2.75, 3.05) is 5.32 Å². The van der Waals surface area contributed by atoms with Gasteiger partial charge in [-0.15, -0.1) is 10.2 Å². The number of nitrogens with two attached hydrogens (primary N) is 1. The van der Waals surface area contributed by atoms with Gasteiger partial charge in [0, 0.05) is 24.2 Å². The maximum Gasteiger partial charge on any atom is 0.240 e. The van der Waals surface area contributed by atoms with Gasteiger partial charge in [0.05, 0.1) is 6.04 Å². The van der Waals surface area contributed by atoms with E-state index in [1.165, 1.54) is 19.3 Å². The molecule has 3 rings (SSSR count). The van der Waals surface area contributed by atoms with Crippen LogP contribution in [0.15, 0.2) is 24.3 Å². The molecule has 1 aliphatic heterocycles. The van der Waals surface area contributed by atoms with E-state index < -0.39 is 6.04 Å². The van der Waals surface area contributed by atoms with E-state index in [4.69, 9.17) is 5.73 Å². The molecule has 0 saturated heterocycles. The third-order valence-electron chi connectivity index (χ3n) is 3.93. The smallest absolute Gasteiger partial charge is 0.240 e. The van der Waals surface area contributed by atoms with Crippen LogP contribution in [-0.2, 0) is 17.8 Å². The Morgan fingerprint density at radius 3 is 2.73 bits per heavy atom. The van der Waals surface area contributed by atoms with Gasteiger partial charge in [-0.2, -0.15) is 0 Å². The molecule has 116 valence electrons. The van der Waals surface area contributed by atoms with Crippen LogP contribution in [0.1, 0.15) is 32.0 Å². The van der Waals surface area contributed by atoms with Crippen LogP contribution in [0.4, 0.5) is 5.69 Å². The molecule has 1 aromatic heterocycles. The fourth-order valence-electron chi connectivity index (χ4n) is 2.66. The van der Waals surface area contributed by atoms with E-state index in [1.807, 2.05) is 24.3 Å². The van der Waals surface area contributed by atoms with Crippen molar-refractivity contribution in [1.82, 2.24) is 14.8 Å². The van der Waals surface area contributed by atoms with Crippen LogP contribution in [0.25, 0.3) is 11.4 Å². The van der Waals surface area contributed by atoms with Crippen molar-refractivity contribution in [2.24, 2.45) is 5.73 Å². The highest BCUT2D eigenvalue weighted by Gasteiger charge is 2.16. The van der Waals surface area contributed by atoms with E-state index in [9.17, 15) is 4.79 Å². The summed E-state index contributed by atoms with van der Waals surface area (Å²) in [6.45, 7) is 2.63. The van der Waals surface area contributed by atoms with Crippen molar-refractivity contribution < 1.29 is 4.79 Å². The molecule has 22 heavy (non-hydrogen) atoms. The number of nitrogens with zero attached hydrogens (tertiary/aromatic N) is 3. The largest absolute Gasteiger partial charge is 0.325 e. The number of nitrogens with one attached hydrogen (secondary N) is 1. The second-order valence-electron chi connectivity index (χ2n) is 5.76. The first-order valence-electron chi connectivity index (χ1n) is 7.74. The molecule has 1 aliphatic rings. The zero-order chi connectivity index (χ0) is 15.5. The minimum absolute atomic E-state index is 0.191. The highest BCUT2D eigenvalue weighted by atomic mass is 16.2. The van der Waals surface area contributed by atoms with Crippen molar-refractivity contribution in [1.29, 1.82) is 0 Å². The molecule has 0 aliphatic carbocycles. The van der Waals surface area contributed by atoms with Crippen LogP contribution in [0.2, 0.25) is 0 Å². The fraction of sp³-hybridized carbons (Fsp3) is 0.438. The van der Waals surface area contributed by atoms with Gasteiger partial charge in [0.25, 0.3) is 0 Å². The number of anilines is 1. The zero-order valence-electron chi connectivity index (χ0n) is 12.7. The molecule has 3 N–H and O–H groups in total. The van der Waals surface area contributed by atoms with Crippen molar-refractivity contribution in [3.63, 3.8) is 0 Å². The molecule has 0 saturated carbocycles. The number of fused-ring (bicyclic) bond motifs is 1. The lowest BCUT2D eigenvalue weighted by atomic mass is 10.2. The second kappa shape index (κ2) is 6.27. The van der Waals surface area contributed by atoms with Crippen LogP contribution in [0, 0.1) is 0 Å². The number of rotatable bonds is 3. The second-order valence-corrected chi connectivity index (χ2v) is 5.76. The number of carbonyl (C=O) groups excluding carboxylic acids is 1. The number of aromatic nitrogens is 3. The molecular weight excluding hydrogens is 278 g/mol. The van der Waals surface area contributed by atoms with E-state index in [0.29, 0.717) is 0 Å². The van der Waals surface area contributed by atoms with E-state index in [2.05, 4.69) is 20.1 Å². The predicted octanol–water partition coefficient (Wildman–Crippen LogP) is 1.96. The first-order chi connectivity index (χ1) is 10.6. The van der Waals surface area contributed by atoms with E-state index >= 15 is 0 Å². The molecule has 6 heteroatoms. The van der Waals surface area contributed by atoms with Crippen LogP contribution < -0.4 is 11.1 Å². The number of benzene rings is 1. The SMILES string of the molecule is C[C@H](N)C(=O)Nc1ccc(-c2nnc3n2CCCCC3)cc1. The molecule has 1 atom stereocenters. The normalized spacial score (nSPS) is 15.7. The zero-order valence-corrected chi connectivity index (χ0v) is 12.7. The van der Waals surface area contributed by atoms with Crippen LogP contribution in [0.5, 0.6) is 0 Å². The molecular formula is C16H21N5O. The molecule has 0 unspecified atom stereocenters. The lowest BCUT2D eigenvalue weighted by Crippen LogP contribution is -2.32. The van der Waals surface area contributed by atoms with Crippen LogP contribution in [0.3, 0.4) is 0 Å². The maximum absolute atomic E-state index is 11.6. The van der Waals surface area contributed by atoms with Gasteiger partial charge >= 0.3 is 0 Å². The Bertz CT molecular complexity index is 660. The summed E-state index contributed by atoms with van der Waals surface area (Å²) in [5.74, 6) is 1.79. The number of amides is 1. The lowest BCUT2D eigenvalue weighted by molar-refractivity contribution is -0.117. The predicted molar refractivity (Wildman–Crippen MR) is 85.3 cm³/mol. The van der Waals surface area contributed by atoms with Crippen molar-refractivity contribution in [2.45, 2.75) is 45.2 Å². The molecule has 0 fully saturated rings. The minimum Gasteiger partial charge on any atom is -0.325 e. The molecule has 1 aromatic carbocycles. The Morgan fingerprint density at radius 2 is 2.00 bits per heavy atom. The standard InChI is InChI=1S/C16H21N5O/c1-11(17)16(22)18-13-8-6-12(7-9-13)15-20-19-14-5-3-2-4-10-21(14)15/h6-9,11H,2-5,10,17H2,1H3,(H,18,22)/t11-/m0/s1. The Balaban J connectivity index is 1.81. The first-order valence-corrected chi connectivity index (χ1v) is 7.74. The Hall–Kier alpha value is -2.21. The van der Waals surface area contributed by atoms with Crippen molar-refractivity contribution in [3.8, 4) is 11.4 Å². The summed E-state index contributed by atoms with van der Waals surface area (Å²) in [6, 6.07) is 7.13. The summed E-state index contributed by atoms with van der Waals surface area (Å²) in [5.41, 5.74) is 7.30. The quantitative estimate of drug-likeness (QED) is 0.907. The molecule has 0 radical (unpaired) electrons. The van der Waals surface area contributed by atoms with E-state index in [-0.39, 0.29) is 5.91 Å². The third kappa shape index (κ3) is 3.01. The van der Waals surface area contributed by atoms with E-state index in [0.717, 1.165) is 35.9 Å². The molecule has 2 heterocycles. The summed E-state index contributed by atoms with van der Waals surface area (Å²) < 4.78 is 2.21. The summed E-state index contributed by atoms with van der Waals surface area (Å²) in [5, 5.41) is 11.4. The monoisotopic (exact) mass is 299 g/mol. The average molecular weight is 299 g/mol. The highest BCUT2D eigenvalue weighted by molar-refractivity contribution is 5.94. The van der Waals surface area contributed by atoms with Gasteiger partial charge in [0.1, 0.15) is 5.82 Å². The summed E-state index contributed by atoms with van der Waals surface area (Å²) in [7, 11) is 0. The molecule has 2 aromatic rings. The van der Waals surface area contributed by atoms with Gasteiger partial charge in [0.2, 0.25) is 5.91 Å². The minimum atomic E-state index is -0.521. The van der Waals surface area contributed by atoms with Gasteiger partial charge in [-0.05, 0) is 44.0 Å². The summed E-state index contributed by atoms with van der Waals surface area (Å²) in [4.78, 5) is 11.6. The third-order valence-corrected chi connectivity index (χ3v) is 3.93. The number of aryl methyl sites for hydroxylation is 1. The molecule has 6 nitrogen and oxygen atoms in total. The number of carbonyl (C=O) groups is 1. The Labute approximate surface area is 129 Å².